The molecule has 1 amide bonds. The Bertz CT molecular complexity index is 464. The van der Waals surface area contributed by atoms with Gasteiger partial charge in [-0.05, 0) is 35.6 Å². The molecule has 0 unspecified atom stereocenters. The first-order chi connectivity index (χ1) is 8.43. The lowest BCUT2D eigenvalue weighted by Crippen LogP contribution is -2.35. The smallest absolute Gasteiger partial charge is 0.271 e. The zero-order valence-corrected chi connectivity index (χ0v) is 12.1. The summed E-state index contributed by atoms with van der Waals surface area (Å²) >= 11 is 1.94. The van der Waals surface area contributed by atoms with Crippen molar-refractivity contribution in [1.29, 1.82) is 0 Å². The van der Waals surface area contributed by atoms with Crippen LogP contribution in [0.15, 0.2) is 18.2 Å². The molecule has 0 heterocycles. The number of methoxy groups -OCH3 is 1. The molecular formula is C11H13IN2O4. The molecule has 1 atom stereocenters. The van der Waals surface area contributed by atoms with Gasteiger partial charge in [-0.25, -0.2) is 0 Å². The van der Waals surface area contributed by atoms with Crippen LogP contribution in [-0.2, 0) is 4.74 Å². The highest BCUT2D eigenvalue weighted by Crippen LogP contribution is 2.18. The predicted octanol–water partition coefficient (Wildman–Crippen LogP) is 1.96. The molecule has 1 aromatic rings. The Labute approximate surface area is 118 Å². The molecule has 0 saturated heterocycles. The van der Waals surface area contributed by atoms with Gasteiger partial charge in [-0.2, -0.15) is 0 Å². The van der Waals surface area contributed by atoms with E-state index in [4.69, 9.17) is 4.74 Å². The summed E-state index contributed by atoms with van der Waals surface area (Å²) in [5.74, 6) is -0.346. The van der Waals surface area contributed by atoms with Crippen LogP contribution in [0.4, 0.5) is 5.69 Å². The Kier molecular flexibility index (Phi) is 5.48. The summed E-state index contributed by atoms with van der Waals surface area (Å²) < 4.78 is 5.55. The van der Waals surface area contributed by atoms with Crippen LogP contribution < -0.4 is 5.32 Å². The molecule has 0 aliphatic carbocycles. The van der Waals surface area contributed by atoms with E-state index in [9.17, 15) is 14.9 Å². The average molecular weight is 364 g/mol. The normalized spacial score (nSPS) is 11.9. The van der Waals surface area contributed by atoms with Crippen molar-refractivity contribution in [2.75, 3.05) is 13.7 Å². The number of ether oxygens (including phenoxy) is 1. The lowest BCUT2D eigenvalue weighted by molar-refractivity contribution is -0.385. The van der Waals surface area contributed by atoms with E-state index < -0.39 is 4.92 Å². The average Bonchev–Trinajstić information content (AvgIpc) is 2.28. The van der Waals surface area contributed by atoms with Gasteiger partial charge in [0.1, 0.15) is 0 Å². The first-order valence-electron chi connectivity index (χ1n) is 5.19. The number of amides is 1. The van der Waals surface area contributed by atoms with Crippen LogP contribution in [0, 0.1) is 13.7 Å². The van der Waals surface area contributed by atoms with Gasteiger partial charge in [-0.1, -0.05) is 0 Å². The maximum atomic E-state index is 11.9. The number of nitrogens with zero attached hydrogens (tertiary/aromatic N) is 1. The van der Waals surface area contributed by atoms with E-state index in [-0.39, 0.29) is 23.2 Å². The maximum Gasteiger partial charge on any atom is 0.271 e. The Morgan fingerprint density at radius 3 is 2.78 bits per heavy atom. The van der Waals surface area contributed by atoms with Gasteiger partial charge in [0.2, 0.25) is 0 Å². The van der Waals surface area contributed by atoms with Gasteiger partial charge in [0.25, 0.3) is 11.6 Å². The fourth-order valence-corrected chi connectivity index (χ4v) is 2.06. The van der Waals surface area contributed by atoms with Gasteiger partial charge >= 0.3 is 0 Å². The lowest BCUT2D eigenvalue weighted by atomic mass is 10.2. The third kappa shape index (κ3) is 4.22. The van der Waals surface area contributed by atoms with Crippen molar-refractivity contribution in [2.45, 2.75) is 13.0 Å². The molecule has 0 saturated carbocycles. The van der Waals surface area contributed by atoms with E-state index in [1.54, 1.807) is 20.1 Å². The van der Waals surface area contributed by atoms with E-state index >= 15 is 0 Å². The summed E-state index contributed by atoms with van der Waals surface area (Å²) in [4.78, 5) is 22.1. The molecule has 1 aromatic carbocycles. The van der Waals surface area contributed by atoms with Crippen LogP contribution in [0.25, 0.3) is 0 Å². The third-order valence-corrected chi connectivity index (χ3v) is 2.77. The van der Waals surface area contributed by atoms with Crippen molar-refractivity contribution in [3.8, 4) is 0 Å². The van der Waals surface area contributed by atoms with Crippen LogP contribution in [0.1, 0.15) is 17.3 Å². The van der Waals surface area contributed by atoms with Crippen molar-refractivity contribution in [2.24, 2.45) is 0 Å². The van der Waals surface area contributed by atoms with Crippen LogP contribution in [0.5, 0.6) is 0 Å². The summed E-state index contributed by atoms with van der Waals surface area (Å²) in [5, 5.41) is 13.4. The van der Waals surface area contributed by atoms with Gasteiger partial charge in [-0.3, -0.25) is 14.9 Å². The second-order valence-corrected chi connectivity index (χ2v) is 5.03. The molecule has 0 radical (unpaired) electrons. The Morgan fingerprint density at radius 1 is 1.56 bits per heavy atom. The Morgan fingerprint density at radius 2 is 2.22 bits per heavy atom. The number of carbonyl (C=O) groups is 1. The summed E-state index contributed by atoms with van der Waals surface area (Å²) in [6.07, 6.45) is 0. The first kappa shape index (κ1) is 14.8. The minimum Gasteiger partial charge on any atom is -0.383 e. The number of hydrogen-bond acceptors (Lipinski definition) is 4. The van der Waals surface area contributed by atoms with E-state index in [0.29, 0.717) is 10.2 Å². The number of nitrogens with one attached hydrogen (secondary N) is 1. The SMILES string of the molecule is COC[C@H](C)NC(=O)c1cc(I)cc([N+](=O)[O-])c1. The number of rotatable bonds is 5. The summed E-state index contributed by atoms with van der Waals surface area (Å²) in [6, 6.07) is 4.12. The second-order valence-electron chi connectivity index (χ2n) is 3.79. The number of non-ortho nitro benzene ring substituents is 1. The third-order valence-electron chi connectivity index (χ3n) is 2.15. The summed E-state index contributed by atoms with van der Waals surface area (Å²) in [6.45, 7) is 2.18. The molecule has 98 valence electrons. The van der Waals surface area contributed by atoms with Gasteiger partial charge in [0.15, 0.2) is 0 Å². The van der Waals surface area contributed by atoms with Crippen molar-refractivity contribution >= 4 is 34.2 Å². The monoisotopic (exact) mass is 364 g/mol. The predicted molar refractivity (Wildman–Crippen MR) is 74.6 cm³/mol. The van der Waals surface area contributed by atoms with E-state index in [1.165, 1.54) is 12.1 Å². The molecular weight excluding hydrogens is 351 g/mol. The van der Waals surface area contributed by atoms with Crippen molar-refractivity contribution in [1.82, 2.24) is 5.32 Å². The van der Waals surface area contributed by atoms with Gasteiger partial charge in [-0.15, -0.1) is 0 Å². The molecule has 0 spiro atoms. The lowest BCUT2D eigenvalue weighted by Gasteiger charge is -2.12. The van der Waals surface area contributed by atoms with Gasteiger partial charge < -0.3 is 10.1 Å². The fraction of sp³-hybridized carbons (Fsp3) is 0.364. The Balaban J connectivity index is 2.88. The fourth-order valence-electron chi connectivity index (χ4n) is 1.41. The molecule has 1 rings (SSSR count). The first-order valence-corrected chi connectivity index (χ1v) is 6.26. The van der Waals surface area contributed by atoms with Crippen LogP contribution >= 0.6 is 22.6 Å². The molecule has 6 nitrogen and oxygen atoms in total. The maximum absolute atomic E-state index is 11.9. The molecule has 0 aromatic heterocycles. The molecule has 0 fully saturated rings. The number of halogens is 1. The number of nitro benzene ring substituents is 1. The molecule has 7 heteroatoms. The molecule has 0 bridgehead atoms. The van der Waals surface area contributed by atoms with Crippen molar-refractivity contribution < 1.29 is 14.5 Å². The summed E-state index contributed by atoms with van der Waals surface area (Å²) in [7, 11) is 1.54. The highest BCUT2D eigenvalue weighted by Gasteiger charge is 2.15. The van der Waals surface area contributed by atoms with Crippen LogP contribution in [0.3, 0.4) is 0 Å². The largest absolute Gasteiger partial charge is 0.383 e. The van der Waals surface area contributed by atoms with E-state index in [1.807, 2.05) is 22.6 Å². The number of nitro groups is 1. The van der Waals surface area contributed by atoms with Gasteiger partial charge in [0.05, 0.1) is 11.5 Å². The number of carbonyl (C=O) groups excluding carboxylic acids is 1. The Hall–Kier alpha value is -1.22. The standard InChI is InChI=1S/C11H13IN2O4/c1-7(6-18-2)13-11(15)8-3-9(12)5-10(4-8)14(16)17/h3-5,7H,6H2,1-2H3,(H,13,15)/t7-/m0/s1. The number of benzene rings is 1. The minimum atomic E-state index is -0.516. The van der Waals surface area contributed by atoms with Crippen LogP contribution in [-0.4, -0.2) is 30.6 Å². The zero-order valence-electron chi connectivity index (χ0n) is 9.97. The molecule has 1 N–H and O–H groups in total. The molecule has 18 heavy (non-hydrogen) atoms. The van der Waals surface area contributed by atoms with E-state index in [2.05, 4.69) is 5.32 Å². The minimum absolute atomic E-state index is 0.0913. The molecule has 0 aliphatic rings. The van der Waals surface area contributed by atoms with Crippen molar-refractivity contribution in [3.63, 3.8) is 0 Å². The van der Waals surface area contributed by atoms with Crippen LogP contribution in [0.2, 0.25) is 0 Å². The zero-order chi connectivity index (χ0) is 13.7. The highest BCUT2D eigenvalue weighted by atomic mass is 127. The topological polar surface area (TPSA) is 81.5 Å². The summed E-state index contributed by atoms with van der Waals surface area (Å²) in [5.41, 5.74) is 0.183. The van der Waals surface area contributed by atoms with Gasteiger partial charge in [0, 0.05) is 34.4 Å². The highest BCUT2D eigenvalue weighted by molar-refractivity contribution is 14.1. The quantitative estimate of drug-likeness (QED) is 0.492. The molecule has 0 aliphatic heterocycles. The van der Waals surface area contributed by atoms with E-state index in [0.717, 1.165) is 0 Å². The van der Waals surface area contributed by atoms with Crippen molar-refractivity contribution in [3.05, 3.63) is 37.4 Å². The number of hydrogen-bond donors (Lipinski definition) is 1. The second kappa shape index (κ2) is 6.64.